The minimum atomic E-state index is -3.69. The number of alkyl halides is 1. The maximum absolute atomic E-state index is 11.7. The fraction of sp³-hybridized carbons (Fsp3) is 0.455. The van der Waals surface area contributed by atoms with E-state index in [4.69, 9.17) is 11.6 Å². The van der Waals surface area contributed by atoms with Crippen LogP contribution in [0.2, 0.25) is 0 Å². The van der Waals surface area contributed by atoms with Crippen LogP contribution in [0.4, 0.5) is 5.69 Å². The minimum absolute atomic E-state index is 0.109. The minimum Gasteiger partial charge on any atom is -0.258 e. The van der Waals surface area contributed by atoms with Crippen LogP contribution in [0.5, 0.6) is 0 Å². The maximum atomic E-state index is 11.7. The fourth-order valence-electron chi connectivity index (χ4n) is 1.45. The largest absolute Gasteiger partial charge is 0.284 e. The topological polar surface area (TPSA) is 89.3 Å². The predicted molar refractivity (Wildman–Crippen MR) is 80.0 cm³/mol. The van der Waals surface area contributed by atoms with Gasteiger partial charge in [-0.15, -0.1) is 23.4 Å². The zero-order valence-electron chi connectivity index (χ0n) is 11.0. The summed E-state index contributed by atoms with van der Waals surface area (Å²) in [5.41, 5.74) is -0.215. The van der Waals surface area contributed by atoms with Gasteiger partial charge >= 0.3 is 0 Å². The molecule has 0 fully saturated rings. The summed E-state index contributed by atoms with van der Waals surface area (Å²) in [4.78, 5) is 10.8. The molecule has 0 aliphatic heterocycles. The van der Waals surface area contributed by atoms with E-state index in [1.54, 1.807) is 0 Å². The van der Waals surface area contributed by atoms with E-state index >= 15 is 0 Å². The van der Waals surface area contributed by atoms with Crippen LogP contribution in [0.1, 0.15) is 13.3 Å². The third-order valence-electron chi connectivity index (χ3n) is 2.55. The number of hydrogen-bond acceptors (Lipinski definition) is 5. The molecule has 0 radical (unpaired) electrons. The molecule has 0 heterocycles. The number of halogens is 1. The summed E-state index contributed by atoms with van der Waals surface area (Å²) in [5, 5.41) is 11.2. The molecule has 1 N–H and O–H groups in total. The highest BCUT2D eigenvalue weighted by Gasteiger charge is 2.21. The van der Waals surface area contributed by atoms with E-state index in [2.05, 4.69) is 4.72 Å². The van der Waals surface area contributed by atoms with Crippen molar-refractivity contribution >= 4 is 39.1 Å². The van der Waals surface area contributed by atoms with E-state index in [1.165, 1.54) is 30.9 Å². The maximum Gasteiger partial charge on any atom is 0.284 e. The summed E-state index contributed by atoms with van der Waals surface area (Å²) in [5.74, 6) is 0.466. The first-order valence-corrected chi connectivity index (χ1v) is 8.66. The smallest absolute Gasteiger partial charge is 0.258 e. The van der Waals surface area contributed by atoms with Crippen LogP contribution in [-0.4, -0.2) is 31.5 Å². The highest BCUT2D eigenvalue weighted by atomic mass is 35.5. The normalized spacial score (nSPS) is 13.2. The molecule has 1 atom stereocenters. The molecule has 0 spiro atoms. The molecule has 20 heavy (non-hydrogen) atoms. The molecule has 1 aromatic carbocycles. The molecule has 0 saturated carbocycles. The number of benzene rings is 1. The molecule has 0 saturated heterocycles. The van der Waals surface area contributed by atoms with E-state index in [9.17, 15) is 18.5 Å². The molecule has 0 aromatic heterocycles. The Labute approximate surface area is 127 Å². The standard InChI is InChI=1S/C11H15ClN2O4S2/c1-8(5-6-12)19-11-4-3-9(20(17,18)13-2)7-10(11)14(15)16/h3-4,7-8,13H,5-6H2,1-2H3. The number of hydrogen-bond donors (Lipinski definition) is 1. The van der Waals surface area contributed by atoms with Crippen molar-refractivity contribution in [1.29, 1.82) is 0 Å². The van der Waals surface area contributed by atoms with Gasteiger partial charge in [0, 0.05) is 17.2 Å². The van der Waals surface area contributed by atoms with Gasteiger partial charge in [0.15, 0.2) is 0 Å². The van der Waals surface area contributed by atoms with Crippen molar-refractivity contribution < 1.29 is 13.3 Å². The van der Waals surface area contributed by atoms with Gasteiger partial charge in [0.1, 0.15) is 0 Å². The van der Waals surface area contributed by atoms with Gasteiger partial charge in [0.05, 0.1) is 14.7 Å². The van der Waals surface area contributed by atoms with E-state index < -0.39 is 14.9 Å². The van der Waals surface area contributed by atoms with Gasteiger partial charge in [-0.3, -0.25) is 10.1 Å². The molecule has 0 aliphatic carbocycles. The SMILES string of the molecule is CNS(=O)(=O)c1ccc(SC(C)CCCl)c([N+](=O)[O-])c1. The molecule has 0 aliphatic rings. The summed E-state index contributed by atoms with van der Waals surface area (Å²) in [6.07, 6.45) is 0.708. The van der Waals surface area contributed by atoms with Crippen molar-refractivity contribution in [2.75, 3.05) is 12.9 Å². The van der Waals surface area contributed by atoms with Crippen molar-refractivity contribution in [3.63, 3.8) is 0 Å². The third-order valence-corrected chi connectivity index (χ3v) is 5.42. The number of nitro groups is 1. The summed E-state index contributed by atoms with van der Waals surface area (Å²) >= 11 is 6.94. The number of nitrogens with one attached hydrogen (secondary N) is 1. The fourth-order valence-corrected chi connectivity index (χ4v) is 3.73. The van der Waals surface area contributed by atoms with Gasteiger partial charge in [0.2, 0.25) is 10.0 Å². The van der Waals surface area contributed by atoms with Gasteiger partial charge < -0.3 is 0 Å². The summed E-state index contributed by atoms with van der Waals surface area (Å²) in [6.45, 7) is 1.91. The van der Waals surface area contributed by atoms with Crippen LogP contribution in [0.15, 0.2) is 28.0 Å². The van der Waals surface area contributed by atoms with Gasteiger partial charge in [-0.2, -0.15) is 0 Å². The van der Waals surface area contributed by atoms with Gasteiger partial charge in [-0.1, -0.05) is 6.92 Å². The lowest BCUT2D eigenvalue weighted by molar-refractivity contribution is -0.388. The summed E-state index contributed by atoms with van der Waals surface area (Å²) < 4.78 is 25.4. The number of sulfonamides is 1. The number of thioether (sulfide) groups is 1. The molecule has 1 rings (SSSR count). The quantitative estimate of drug-likeness (QED) is 0.357. The monoisotopic (exact) mass is 338 g/mol. The Balaban J connectivity index is 3.18. The van der Waals surface area contributed by atoms with E-state index in [-0.39, 0.29) is 15.8 Å². The van der Waals surface area contributed by atoms with Crippen LogP contribution in [0, 0.1) is 10.1 Å². The Morgan fingerprint density at radius 1 is 1.50 bits per heavy atom. The van der Waals surface area contributed by atoms with Crippen molar-refractivity contribution in [2.45, 2.75) is 28.4 Å². The average molecular weight is 339 g/mol. The zero-order valence-corrected chi connectivity index (χ0v) is 13.4. The first-order chi connectivity index (χ1) is 9.31. The molecule has 0 amide bonds. The van der Waals surface area contributed by atoms with E-state index in [0.29, 0.717) is 17.2 Å². The van der Waals surface area contributed by atoms with E-state index in [0.717, 1.165) is 6.07 Å². The highest BCUT2D eigenvalue weighted by Crippen LogP contribution is 2.34. The van der Waals surface area contributed by atoms with Gasteiger partial charge in [0.25, 0.3) is 5.69 Å². The second kappa shape index (κ2) is 7.26. The van der Waals surface area contributed by atoms with Crippen LogP contribution < -0.4 is 4.72 Å². The molecule has 112 valence electrons. The van der Waals surface area contributed by atoms with Gasteiger partial charge in [-0.05, 0) is 25.6 Å². The van der Waals surface area contributed by atoms with Crippen molar-refractivity contribution in [2.24, 2.45) is 0 Å². The summed E-state index contributed by atoms with van der Waals surface area (Å²) in [7, 11) is -2.44. The molecule has 6 nitrogen and oxygen atoms in total. The Hall–Kier alpha value is -0.830. The summed E-state index contributed by atoms with van der Waals surface area (Å²) in [6, 6.07) is 3.88. The molecule has 0 bridgehead atoms. The van der Waals surface area contributed by atoms with Crippen LogP contribution in [0.3, 0.4) is 0 Å². The number of nitro benzene ring substituents is 1. The van der Waals surface area contributed by atoms with Gasteiger partial charge in [-0.25, -0.2) is 13.1 Å². The first-order valence-electron chi connectivity index (χ1n) is 5.76. The molecule has 9 heteroatoms. The third kappa shape index (κ3) is 4.34. The van der Waals surface area contributed by atoms with Crippen molar-refractivity contribution in [1.82, 2.24) is 4.72 Å². The Morgan fingerprint density at radius 2 is 2.15 bits per heavy atom. The highest BCUT2D eigenvalue weighted by molar-refractivity contribution is 8.00. The second-order valence-electron chi connectivity index (χ2n) is 4.00. The molecule has 1 aromatic rings. The Morgan fingerprint density at radius 3 is 2.65 bits per heavy atom. The zero-order chi connectivity index (χ0) is 15.3. The first kappa shape index (κ1) is 17.2. The van der Waals surface area contributed by atoms with E-state index in [1.807, 2.05) is 6.92 Å². The molecular weight excluding hydrogens is 324 g/mol. The molecule has 1 unspecified atom stereocenters. The van der Waals surface area contributed by atoms with Crippen molar-refractivity contribution in [3.8, 4) is 0 Å². The predicted octanol–water partition coefficient (Wildman–Crippen LogP) is 2.61. The lowest BCUT2D eigenvalue weighted by Gasteiger charge is -2.10. The van der Waals surface area contributed by atoms with Crippen LogP contribution >= 0.6 is 23.4 Å². The Kier molecular flexibility index (Phi) is 6.25. The van der Waals surface area contributed by atoms with Crippen LogP contribution in [-0.2, 0) is 10.0 Å². The Bertz CT molecular complexity index is 592. The number of nitrogens with zero attached hydrogens (tertiary/aromatic N) is 1. The lowest BCUT2D eigenvalue weighted by atomic mass is 10.3. The average Bonchev–Trinajstić information content (AvgIpc) is 2.38. The lowest BCUT2D eigenvalue weighted by Crippen LogP contribution is -2.18. The second-order valence-corrected chi connectivity index (χ2v) is 7.75. The van der Waals surface area contributed by atoms with Crippen LogP contribution in [0.25, 0.3) is 0 Å². The molecular formula is C11H15ClN2O4S2. The van der Waals surface area contributed by atoms with Crippen molar-refractivity contribution in [3.05, 3.63) is 28.3 Å². The number of rotatable bonds is 7.